The summed E-state index contributed by atoms with van der Waals surface area (Å²) in [5.41, 5.74) is 7.31. The Balaban J connectivity index is 2.24. The standard InChI is InChI=1S/C13H8BrF2N3S/c14-9-1-2-20-12(9)11-10(13(17)19-18-11)6-3-7(15)5-8(16)4-6/h1-5H,(H3,17,18,19). The van der Waals surface area contributed by atoms with Gasteiger partial charge in [-0.2, -0.15) is 5.10 Å². The van der Waals surface area contributed by atoms with Gasteiger partial charge in [0.25, 0.3) is 0 Å². The van der Waals surface area contributed by atoms with E-state index >= 15 is 0 Å². The highest BCUT2D eigenvalue weighted by atomic mass is 79.9. The summed E-state index contributed by atoms with van der Waals surface area (Å²) in [7, 11) is 0. The number of nitrogen functional groups attached to an aromatic ring is 1. The lowest BCUT2D eigenvalue weighted by Crippen LogP contribution is -1.90. The zero-order chi connectivity index (χ0) is 14.3. The SMILES string of the molecule is Nc1n[nH]c(-c2sccc2Br)c1-c1cc(F)cc(F)c1. The summed E-state index contributed by atoms with van der Waals surface area (Å²) in [6.07, 6.45) is 0. The van der Waals surface area contributed by atoms with Gasteiger partial charge >= 0.3 is 0 Å². The number of thiophene rings is 1. The number of hydrogen-bond acceptors (Lipinski definition) is 3. The van der Waals surface area contributed by atoms with Crippen molar-refractivity contribution in [1.82, 2.24) is 10.2 Å². The van der Waals surface area contributed by atoms with Crippen LogP contribution in [0.1, 0.15) is 0 Å². The Labute approximate surface area is 125 Å². The van der Waals surface area contributed by atoms with Crippen LogP contribution in [0.15, 0.2) is 34.1 Å². The minimum absolute atomic E-state index is 0.199. The molecule has 0 saturated heterocycles. The van der Waals surface area contributed by atoms with Gasteiger partial charge in [-0.1, -0.05) is 0 Å². The summed E-state index contributed by atoms with van der Waals surface area (Å²) in [6.45, 7) is 0. The number of nitrogens with zero attached hydrogens (tertiary/aromatic N) is 1. The molecule has 0 atom stereocenters. The average Bonchev–Trinajstić information content (AvgIpc) is 2.93. The molecule has 0 aliphatic rings. The van der Waals surface area contributed by atoms with E-state index in [9.17, 15) is 8.78 Å². The van der Waals surface area contributed by atoms with Crippen molar-refractivity contribution in [2.45, 2.75) is 0 Å². The molecule has 0 aliphatic carbocycles. The molecule has 1 aromatic carbocycles. The maximum Gasteiger partial charge on any atom is 0.153 e. The molecule has 0 fully saturated rings. The molecule has 3 aromatic rings. The number of nitrogens with two attached hydrogens (primary N) is 1. The third-order valence-electron chi connectivity index (χ3n) is 2.79. The Morgan fingerprint density at radius 1 is 1.20 bits per heavy atom. The maximum absolute atomic E-state index is 13.4. The summed E-state index contributed by atoms with van der Waals surface area (Å²) < 4.78 is 27.6. The predicted molar refractivity (Wildman–Crippen MR) is 79.4 cm³/mol. The first kappa shape index (κ1) is 13.3. The van der Waals surface area contributed by atoms with E-state index in [1.165, 1.54) is 23.5 Å². The van der Waals surface area contributed by atoms with Crippen molar-refractivity contribution in [3.63, 3.8) is 0 Å². The Hall–Kier alpha value is -1.73. The number of aromatic amines is 1. The third kappa shape index (κ3) is 2.23. The van der Waals surface area contributed by atoms with Crippen LogP contribution >= 0.6 is 27.3 Å². The molecular weight excluding hydrogens is 348 g/mol. The second-order valence-corrected chi connectivity index (χ2v) is 5.89. The van der Waals surface area contributed by atoms with Crippen LogP contribution in [-0.2, 0) is 0 Å². The van der Waals surface area contributed by atoms with Gasteiger partial charge in [0.1, 0.15) is 11.6 Å². The number of benzene rings is 1. The predicted octanol–water partition coefficient (Wildman–Crippen LogP) is 4.43. The second-order valence-electron chi connectivity index (χ2n) is 4.11. The number of rotatable bonds is 2. The van der Waals surface area contributed by atoms with Gasteiger partial charge in [0, 0.05) is 10.5 Å². The van der Waals surface area contributed by atoms with Crippen LogP contribution in [0.5, 0.6) is 0 Å². The lowest BCUT2D eigenvalue weighted by atomic mass is 10.0. The topological polar surface area (TPSA) is 54.7 Å². The maximum atomic E-state index is 13.4. The van der Waals surface area contributed by atoms with Gasteiger partial charge in [-0.3, -0.25) is 5.10 Å². The zero-order valence-electron chi connectivity index (χ0n) is 9.95. The normalized spacial score (nSPS) is 10.9. The van der Waals surface area contributed by atoms with Crippen molar-refractivity contribution in [2.75, 3.05) is 5.73 Å². The summed E-state index contributed by atoms with van der Waals surface area (Å²) in [5, 5.41) is 8.65. The van der Waals surface area contributed by atoms with E-state index in [0.717, 1.165) is 15.4 Å². The number of aromatic nitrogens is 2. The fourth-order valence-corrected chi connectivity index (χ4v) is 3.55. The van der Waals surface area contributed by atoms with E-state index in [4.69, 9.17) is 5.73 Å². The van der Waals surface area contributed by atoms with Gasteiger partial charge in [0.05, 0.1) is 16.1 Å². The first-order valence-corrected chi connectivity index (χ1v) is 7.27. The van der Waals surface area contributed by atoms with Crippen LogP contribution in [0.4, 0.5) is 14.6 Å². The van der Waals surface area contributed by atoms with Gasteiger partial charge in [0.15, 0.2) is 5.82 Å². The Bertz CT molecular complexity index is 762. The third-order valence-corrected chi connectivity index (χ3v) is 4.64. The quantitative estimate of drug-likeness (QED) is 0.714. The van der Waals surface area contributed by atoms with Crippen LogP contribution in [0.2, 0.25) is 0 Å². The van der Waals surface area contributed by atoms with Gasteiger partial charge in [-0.15, -0.1) is 11.3 Å². The lowest BCUT2D eigenvalue weighted by molar-refractivity contribution is 0.584. The van der Waals surface area contributed by atoms with Crippen LogP contribution in [-0.4, -0.2) is 10.2 Å². The number of halogens is 3. The number of hydrogen-bond donors (Lipinski definition) is 2. The van der Waals surface area contributed by atoms with E-state index < -0.39 is 11.6 Å². The van der Waals surface area contributed by atoms with Crippen molar-refractivity contribution in [3.05, 3.63) is 45.8 Å². The molecule has 0 aliphatic heterocycles. The van der Waals surface area contributed by atoms with Crippen LogP contribution in [0, 0.1) is 11.6 Å². The molecule has 102 valence electrons. The van der Waals surface area contributed by atoms with E-state index in [-0.39, 0.29) is 5.82 Å². The molecular formula is C13H8BrF2N3S. The molecule has 0 unspecified atom stereocenters. The molecule has 2 aromatic heterocycles. The number of H-pyrrole nitrogens is 1. The van der Waals surface area contributed by atoms with Crippen molar-refractivity contribution >= 4 is 33.1 Å². The summed E-state index contributed by atoms with van der Waals surface area (Å²) >= 11 is 4.89. The minimum Gasteiger partial charge on any atom is -0.382 e. The molecule has 0 amide bonds. The average molecular weight is 356 g/mol. The van der Waals surface area contributed by atoms with E-state index in [2.05, 4.69) is 26.1 Å². The van der Waals surface area contributed by atoms with Crippen molar-refractivity contribution < 1.29 is 8.78 Å². The van der Waals surface area contributed by atoms with Crippen LogP contribution in [0.3, 0.4) is 0 Å². The number of nitrogens with one attached hydrogen (secondary N) is 1. The molecule has 0 bridgehead atoms. The molecule has 7 heteroatoms. The van der Waals surface area contributed by atoms with E-state index in [0.29, 0.717) is 16.8 Å². The molecule has 3 rings (SSSR count). The molecule has 20 heavy (non-hydrogen) atoms. The molecule has 0 spiro atoms. The fourth-order valence-electron chi connectivity index (χ4n) is 1.98. The Morgan fingerprint density at radius 2 is 1.90 bits per heavy atom. The zero-order valence-corrected chi connectivity index (χ0v) is 12.4. The fraction of sp³-hybridized carbons (Fsp3) is 0. The molecule has 3 N–H and O–H groups in total. The largest absolute Gasteiger partial charge is 0.382 e. The van der Waals surface area contributed by atoms with Crippen molar-refractivity contribution in [2.24, 2.45) is 0 Å². The van der Waals surface area contributed by atoms with Gasteiger partial charge < -0.3 is 5.73 Å². The van der Waals surface area contributed by atoms with Crippen LogP contribution in [0.25, 0.3) is 21.7 Å². The molecule has 3 nitrogen and oxygen atoms in total. The smallest absolute Gasteiger partial charge is 0.153 e. The van der Waals surface area contributed by atoms with E-state index in [1.807, 2.05) is 11.4 Å². The highest BCUT2D eigenvalue weighted by Gasteiger charge is 2.18. The van der Waals surface area contributed by atoms with Crippen LogP contribution < -0.4 is 5.73 Å². The molecule has 2 heterocycles. The monoisotopic (exact) mass is 355 g/mol. The van der Waals surface area contributed by atoms with Gasteiger partial charge in [-0.05, 0) is 45.1 Å². The Morgan fingerprint density at radius 3 is 2.50 bits per heavy atom. The first-order valence-electron chi connectivity index (χ1n) is 5.60. The molecule has 0 radical (unpaired) electrons. The summed E-state index contributed by atoms with van der Waals surface area (Å²) in [4.78, 5) is 0.869. The summed E-state index contributed by atoms with van der Waals surface area (Å²) in [5.74, 6) is -1.11. The minimum atomic E-state index is -0.656. The van der Waals surface area contributed by atoms with Crippen molar-refractivity contribution in [3.8, 4) is 21.7 Å². The highest BCUT2D eigenvalue weighted by Crippen LogP contribution is 2.40. The number of anilines is 1. The first-order chi connectivity index (χ1) is 9.56. The lowest BCUT2D eigenvalue weighted by Gasteiger charge is -2.04. The Kier molecular flexibility index (Phi) is 3.31. The molecule has 0 saturated carbocycles. The van der Waals surface area contributed by atoms with Gasteiger partial charge in [0.2, 0.25) is 0 Å². The highest BCUT2D eigenvalue weighted by molar-refractivity contribution is 9.10. The van der Waals surface area contributed by atoms with E-state index in [1.54, 1.807) is 0 Å². The van der Waals surface area contributed by atoms with Crippen molar-refractivity contribution in [1.29, 1.82) is 0 Å². The summed E-state index contributed by atoms with van der Waals surface area (Å²) in [6, 6.07) is 5.16. The second kappa shape index (κ2) is 4.99. The van der Waals surface area contributed by atoms with Gasteiger partial charge in [-0.25, -0.2) is 8.78 Å².